The maximum absolute atomic E-state index is 2.50. The molecule has 0 N–H and O–H groups in total. The van der Waals surface area contributed by atoms with Gasteiger partial charge in [0.05, 0.1) is 0 Å². The molecule has 1 aliphatic rings. The van der Waals surface area contributed by atoms with Gasteiger partial charge in [0, 0.05) is 0 Å². The Bertz CT molecular complexity index is 138. The summed E-state index contributed by atoms with van der Waals surface area (Å²) >= 11 is 0. The quantitative estimate of drug-likeness (QED) is 0.432. The zero-order valence-electron chi connectivity index (χ0n) is 9.80. The molecule has 0 atom stereocenters. The van der Waals surface area contributed by atoms with Crippen molar-refractivity contribution in [2.24, 2.45) is 5.92 Å². The van der Waals surface area contributed by atoms with Gasteiger partial charge in [0.1, 0.15) is 0 Å². The Morgan fingerprint density at radius 3 is 2.29 bits per heavy atom. The number of hydrogen-bond acceptors (Lipinski definition) is 0. The van der Waals surface area contributed by atoms with Crippen molar-refractivity contribution in [1.29, 1.82) is 0 Å². The van der Waals surface area contributed by atoms with E-state index >= 15 is 0 Å². The van der Waals surface area contributed by atoms with E-state index in [0.717, 1.165) is 5.92 Å². The van der Waals surface area contributed by atoms with Crippen LogP contribution < -0.4 is 0 Å². The van der Waals surface area contributed by atoms with Gasteiger partial charge in [-0.1, -0.05) is 64.0 Å². The number of unbranched alkanes of at least 4 members (excludes halogenated alkanes) is 2. The van der Waals surface area contributed by atoms with Crippen LogP contribution in [0.3, 0.4) is 0 Å². The van der Waals surface area contributed by atoms with Crippen molar-refractivity contribution >= 4 is 0 Å². The second-order valence-electron chi connectivity index (χ2n) is 4.68. The molecule has 0 aromatic rings. The molecule has 14 heavy (non-hydrogen) atoms. The van der Waals surface area contributed by atoms with E-state index in [1.54, 1.807) is 0 Å². The molecule has 0 saturated heterocycles. The van der Waals surface area contributed by atoms with Crippen LogP contribution in [0.1, 0.15) is 71.1 Å². The van der Waals surface area contributed by atoms with Crippen LogP contribution in [0.15, 0.2) is 12.2 Å². The lowest BCUT2D eigenvalue weighted by molar-refractivity contribution is 0.434. The first kappa shape index (κ1) is 11.8. The molecule has 1 saturated carbocycles. The Balaban J connectivity index is 2.16. The zero-order chi connectivity index (χ0) is 10.1. The van der Waals surface area contributed by atoms with Crippen LogP contribution in [0.25, 0.3) is 0 Å². The average molecular weight is 194 g/mol. The van der Waals surface area contributed by atoms with Crippen LogP contribution in [0.5, 0.6) is 0 Å². The van der Waals surface area contributed by atoms with Gasteiger partial charge in [-0.3, -0.25) is 0 Å². The molecule has 0 bridgehead atoms. The maximum atomic E-state index is 2.50. The highest BCUT2D eigenvalue weighted by molar-refractivity contribution is 4.88. The molecule has 1 fully saturated rings. The molecule has 0 unspecified atom stereocenters. The lowest BCUT2D eigenvalue weighted by Crippen LogP contribution is -2.00. The third-order valence-electron chi connectivity index (χ3n) is 3.28. The van der Waals surface area contributed by atoms with Crippen molar-refractivity contribution in [2.75, 3.05) is 0 Å². The van der Waals surface area contributed by atoms with E-state index < -0.39 is 0 Å². The minimum absolute atomic E-state index is 0.909. The second kappa shape index (κ2) is 8.08. The summed E-state index contributed by atoms with van der Waals surface area (Å²) in [7, 11) is 0. The van der Waals surface area contributed by atoms with Crippen molar-refractivity contribution in [3.8, 4) is 0 Å². The van der Waals surface area contributed by atoms with Gasteiger partial charge in [0.25, 0.3) is 0 Å². The Kier molecular flexibility index (Phi) is 6.82. The van der Waals surface area contributed by atoms with Crippen LogP contribution in [0.4, 0.5) is 0 Å². The molecule has 0 heteroatoms. The van der Waals surface area contributed by atoms with E-state index in [1.807, 2.05) is 0 Å². The fourth-order valence-electron chi connectivity index (χ4n) is 2.29. The standard InChI is InChI=1S/C14H26/c1-2-3-4-8-11-14-12-9-6-5-7-10-13-14/h8,11,14H,2-7,9-10,12-13H2,1H3/b11-8+. The first-order valence-corrected chi connectivity index (χ1v) is 6.60. The predicted octanol–water partition coefficient (Wildman–Crippen LogP) is 5.09. The highest BCUT2D eigenvalue weighted by atomic mass is 14.1. The Hall–Kier alpha value is -0.260. The van der Waals surface area contributed by atoms with Crippen LogP contribution in [-0.2, 0) is 0 Å². The topological polar surface area (TPSA) is 0 Å². The van der Waals surface area contributed by atoms with E-state index in [-0.39, 0.29) is 0 Å². The van der Waals surface area contributed by atoms with E-state index in [9.17, 15) is 0 Å². The molecule has 0 heterocycles. The SMILES string of the molecule is CCCC/C=C/C1CCCCCCC1. The van der Waals surface area contributed by atoms with Crippen molar-refractivity contribution < 1.29 is 0 Å². The molecule has 0 aromatic carbocycles. The molecular formula is C14H26. The predicted molar refractivity (Wildman–Crippen MR) is 64.5 cm³/mol. The summed E-state index contributed by atoms with van der Waals surface area (Å²) in [5.41, 5.74) is 0. The van der Waals surface area contributed by atoms with Crippen LogP contribution in [0.2, 0.25) is 0 Å². The summed E-state index contributed by atoms with van der Waals surface area (Å²) in [6, 6.07) is 0. The normalized spacial score (nSPS) is 20.9. The number of rotatable bonds is 4. The van der Waals surface area contributed by atoms with E-state index in [1.165, 1.54) is 64.2 Å². The van der Waals surface area contributed by atoms with Gasteiger partial charge >= 0.3 is 0 Å². The van der Waals surface area contributed by atoms with Crippen molar-refractivity contribution in [1.82, 2.24) is 0 Å². The van der Waals surface area contributed by atoms with Crippen molar-refractivity contribution in [2.45, 2.75) is 71.1 Å². The van der Waals surface area contributed by atoms with Gasteiger partial charge in [-0.2, -0.15) is 0 Å². The minimum atomic E-state index is 0.909. The highest BCUT2D eigenvalue weighted by Gasteiger charge is 2.07. The summed E-state index contributed by atoms with van der Waals surface area (Å²) in [5, 5.41) is 0. The molecule has 1 rings (SSSR count). The largest absolute Gasteiger partial charge is 0.0883 e. The van der Waals surface area contributed by atoms with Crippen LogP contribution in [-0.4, -0.2) is 0 Å². The van der Waals surface area contributed by atoms with Gasteiger partial charge in [-0.15, -0.1) is 0 Å². The lowest BCUT2D eigenvalue weighted by Gasteiger charge is -2.15. The average Bonchev–Trinajstić information content (AvgIpc) is 2.15. The molecule has 0 amide bonds. The van der Waals surface area contributed by atoms with E-state index in [4.69, 9.17) is 0 Å². The van der Waals surface area contributed by atoms with Gasteiger partial charge in [0.2, 0.25) is 0 Å². The van der Waals surface area contributed by atoms with Crippen molar-refractivity contribution in [3.63, 3.8) is 0 Å². The fourth-order valence-corrected chi connectivity index (χ4v) is 2.29. The summed E-state index contributed by atoms with van der Waals surface area (Å²) in [6.45, 7) is 2.27. The zero-order valence-corrected chi connectivity index (χ0v) is 9.80. The first-order chi connectivity index (χ1) is 6.93. The van der Waals surface area contributed by atoms with Gasteiger partial charge in [-0.05, 0) is 25.2 Å². The summed E-state index contributed by atoms with van der Waals surface area (Å²) < 4.78 is 0. The van der Waals surface area contributed by atoms with E-state index in [2.05, 4.69) is 19.1 Å². The third kappa shape index (κ3) is 5.47. The molecule has 0 radical (unpaired) electrons. The third-order valence-corrected chi connectivity index (χ3v) is 3.28. The summed E-state index contributed by atoms with van der Waals surface area (Å²) in [4.78, 5) is 0. The van der Waals surface area contributed by atoms with Gasteiger partial charge < -0.3 is 0 Å². The smallest absolute Gasteiger partial charge is 0.0234 e. The van der Waals surface area contributed by atoms with Crippen LogP contribution in [0, 0.1) is 5.92 Å². The Morgan fingerprint density at radius 2 is 1.64 bits per heavy atom. The molecule has 0 aromatic heterocycles. The molecular weight excluding hydrogens is 168 g/mol. The van der Waals surface area contributed by atoms with Crippen LogP contribution >= 0.6 is 0 Å². The fraction of sp³-hybridized carbons (Fsp3) is 0.857. The van der Waals surface area contributed by atoms with Gasteiger partial charge in [-0.25, -0.2) is 0 Å². The van der Waals surface area contributed by atoms with Gasteiger partial charge in [0.15, 0.2) is 0 Å². The lowest BCUT2D eigenvalue weighted by atomic mass is 9.91. The Morgan fingerprint density at radius 1 is 1.00 bits per heavy atom. The summed E-state index contributed by atoms with van der Waals surface area (Å²) in [5.74, 6) is 0.909. The molecule has 1 aliphatic carbocycles. The number of hydrogen-bond donors (Lipinski definition) is 0. The Labute approximate surface area is 89.8 Å². The molecule has 82 valence electrons. The van der Waals surface area contributed by atoms with Crippen molar-refractivity contribution in [3.05, 3.63) is 12.2 Å². The molecule has 0 aliphatic heterocycles. The first-order valence-electron chi connectivity index (χ1n) is 6.60. The monoisotopic (exact) mass is 194 g/mol. The maximum Gasteiger partial charge on any atom is -0.0234 e. The molecule has 0 nitrogen and oxygen atoms in total. The van der Waals surface area contributed by atoms with E-state index in [0.29, 0.717) is 0 Å². The number of allylic oxidation sites excluding steroid dienone is 2. The second-order valence-corrected chi connectivity index (χ2v) is 4.68. The minimum Gasteiger partial charge on any atom is -0.0883 e. The summed E-state index contributed by atoms with van der Waals surface area (Å²) in [6.07, 6.45) is 19.2. The highest BCUT2D eigenvalue weighted by Crippen LogP contribution is 2.23. The molecule has 0 spiro atoms.